The van der Waals surface area contributed by atoms with E-state index in [-0.39, 0.29) is 5.56 Å². The van der Waals surface area contributed by atoms with Crippen LogP contribution in [0.1, 0.15) is 10.4 Å². The van der Waals surface area contributed by atoms with Crippen LogP contribution in [0.2, 0.25) is 0 Å². The van der Waals surface area contributed by atoms with E-state index in [1.807, 2.05) is 29.1 Å². The van der Waals surface area contributed by atoms with Crippen LogP contribution in [-0.4, -0.2) is 27.0 Å². The SMILES string of the molecule is O=C(NCCn1cccc1)c1cccc([N+](=O)[O-])c1O. The van der Waals surface area contributed by atoms with Gasteiger partial charge in [-0.2, -0.15) is 0 Å². The number of hydrogen-bond donors (Lipinski definition) is 2. The second-order valence-corrected chi connectivity index (χ2v) is 4.11. The fourth-order valence-corrected chi connectivity index (χ4v) is 1.77. The predicted molar refractivity (Wildman–Crippen MR) is 71.5 cm³/mol. The van der Waals surface area contributed by atoms with Gasteiger partial charge in [0.05, 0.1) is 10.5 Å². The Morgan fingerprint density at radius 3 is 2.65 bits per heavy atom. The molecule has 7 heteroatoms. The van der Waals surface area contributed by atoms with E-state index in [0.29, 0.717) is 13.1 Å². The molecule has 0 bridgehead atoms. The summed E-state index contributed by atoms with van der Waals surface area (Å²) in [5.41, 5.74) is -0.588. The zero-order chi connectivity index (χ0) is 14.5. The van der Waals surface area contributed by atoms with Gasteiger partial charge in [-0.15, -0.1) is 0 Å². The minimum absolute atomic E-state index is 0.105. The molecule has 0 aliphatic carbocycles. The second kappa shape index (κ2) is 5.87. The number of nitrogens with one attached hydrogen (secondary N) is 1. The molecule has 1 amide bonds. The summed E-state index contributed by atoms with van der Waals surface area (Å²) in [6.07, 6.45) is 3.72. The van der Waals surface area contributed by atoms with Crippen LogP contribution < -0.4 is 5.32 Å². The van der Waals surface area contributed by atoms with E-state index in [0.717, 1.165) is 6.07 Å². The van der Waals surface area contributed by atoms with Crippen molar-refractivity contribution in [2.45, 2.75) is 6.54 Å². The molecule has 0 fully saturated rings. The van der Waals surface area contributed by atoms with Crippen LogP contribution in [0.15, 0.2) is 42.7 Å². The first-order valence-corrected chi connectivity index (χ1v) is 5.95. The number of phenols is 1. The number of rotatable bonds is 5. The highest BCUT2D eigenvalue weighted by Crippen LogP contribution is 2.28. The molecule has 20 heavy (non-hydrogen) atoms. The van der Waals surface area contributed by atoms with Crippen molar-refractivity contribution in [3.05, 3.63) is 58.4 Å². The van der Waals surface area contributed by atoms with Gasteiger partial charge in [-0.1, -0.05) is 6.07 Å². The maximum absolute atomic E-state index is 11.9. The van der Waals surface area contributed by atoms with Crippen LogP contribution in [0.25, 0.3) is 0 Å². The van der Waals surface area contributed by atoms with Crippen LogP contribution >= 0.6 is 0 Å². The van der Waals surface area contributed by atoms with Gasteiger partial charge >= 0.3 is 5.69 Å². The van der Waals surface area contributed by atoms with Crippen molar-refractivity contribution in [1.82, 2.24) is 9.88 Å². The van der Waals surface area contributed by atoms with Crippen molar-refractivity contribution in [1.29, 1.82) is 0 Å². The zero-order valence-corrected chi connectivity index (χ0v) is 10.5. The predicted octanol–water partition coefficient (Wildman–Crippen LogP) is 1.53. The van der Waals surface area contributed by atoms with Crippen molar-refractivity contribution < 1.29 is 14.8 Å². The molecule has 0 unspecified atom stereocenters. The van der Waals surface area contributed by atoms with E-state index in [1.54, 1.807) is 0 Å². The average molecular weight is 275 g/mol. The summed E-state index contributed by atoms with van der Waals surface area (Å²) < 4.78 is 1.88. The van der Waals surface area contributed by atoms with Gasteiger partial charge in [-0.05, 0) is 18.2 Å². The quantitative estimate of drug-likeness (QED) is 0.638. The molecule has 2 aromatic rings. The number of hydrogen-bond acceptors (Lipinski definition) is 4. The van der Waals surface area contributed by atoms with Crippen molar-refractivity contribution in [2.75, 3.05) is 6.54 Å². The average Bonchev–Trinajstić information content (AvgIpc) is 2.91. The Morgan fingerprint density at radius 1 is 1.30 bits per heavy atom. The van der Waals surface area contributed by atoms with Crippen molar-refractivity contribution in [3.63, 3.8) is 0 Å². The number of nitrogens with zero attached hydrogens (tertiary/aromatic N) is 2. The minimum Gasteiger partial charge on any atom is -0.502 e. The Kier molecular flexibility index (Phi) is 3.99. The second-order valence-electron chi connectivity index (χ2n) is 4.11. The third kappa shape index (κ3) is 2.94. The Balaban J connectivity index is 2.02. The number of carbonyl (C=O) groups is 1. The fraction of sp³-hybridized carbons (Fsp3) is 0.154. The summed E-state index contributed by atoms with van der Waals surface area (Å²) in [7, 11) is 0. The fourth-order valence-electron chi connectivity index (χ4n) is 1.77. The molecule has 2 rings (SSSR count). The van der Waals surface area contributed by atoms with Gasteiger partial charge in [0.1, 0.15) is 0 Å². The molecule has 0 saturated carbocycles. The Morgan fingerprint density at radius 2 is 2.00 bits per heavy atom. The van der Waals surface area contributed by atoms with E-state index in [1.165, 1.54) is 12.1 Å². The molecule has 0 aliphatic heterocycles. The zero-order valence-electron chi connectivity index (χ0n) is 10.5. The summed E-state index contributed by atoms with van der Waals surface area (Å²) in [6.45, 7) is 0.935. The molecule has 0 radical (unpaired) electrons. The standard InChI is InChI=1S/C13H13N3O4/c17-12-10(4-3-5-11(12)16(19)20)13(18)14-6-9-15-7-1-2-8-15/h1-5,7-8,17H,6,9H2,(H,14,18). The third-order valence-electron chi connectivity index (χ3n) is 2.78. The number of nitro benzene ring substituents is 1. The van der Waals surface area contributed by atoms with Gasteiger partial charge in [0.2, 0.25) is 5.75 Å². The Bertz CT molecular complexity index is 623. The number of amides is 1. The Labute approximate surface area is 114 Å². The highest BCUT2D eigenvalue weighted by atomic mass is 16.6. The van der Waals surface area contributed by atoms with Gasteiger partial charge in [0, 0.05) is 31.5 Å². The van der Waals surface area contributed by atoms with Crippen LogP contribution in [-0.2, 0) is 6.54 Å². The number of aromatic hydroxyl groups is 1. The number of benzene rings is 1. The lowest BCUT2D eigenvalue weighted by molar-refractivity contribution is -0.385. The molecule has 1 aromatic heterocycles. The molecule has 0 saturated heterocycles. The lowest BCUT2D eigenvalue weighted by Gasteiger charge is -2.07. The van der Waals surface area contributed by atoms with Crippen LogP contribution in [0.3, 0.4) is 0 Å². The van der Waals surface area contributed by atoms with Gasteiger partial charge in [0.15, 0.2) is 0 Å². The smallest absolute Gasteiger partial charge is 0.311 e. The summed E-state index contributed by atoms with van der Waals surface area (Å²) >= 11 is 0. The van der Waals surface area contributed by atoms with Gasteiger partial charge < -0.3 is 15.0 Å². The van der Waals surface area contributed by atoms with Crippen LogP contribution in [0.5, 0.6) is 5.75 Å². The Hall–Kier alpha value is -2.83. The lowest BCUT2D eigenvalue weighted by Crippen LogP contribution is -2.27. The summed E-state index contributed by atoms with van der Waals surface area (Å²) in [4.78, 5) is 21.8. The van der Waals surface area contributed by atoms with Gasteiger partial charge in [0.25, 0.3) is 5.91 Å². The van der Waals surface area contributed by atoms with Crippen molar-refractivity contribution >= 4 is 11.6 Å². The molecule has 0 atom stereocenters. The monoisotopic (exact) mass is 275 g/mol. The summed E-state index contributed by atoms with van der Waals surface area (Å²) in [6, 6.07) is 7.58. The largest absolute Gasteiger partial charge is 0.502 e. The number of aromatic nitrogens is 1. The molecule has 1 aromatic carbocycles. The molecule has 0 aliphatic rings. The molecule has 0 spiro atoms. The highest BCUT2D eigenvalue weighted by Gasteiger charge is 2.20. The topological polar surface area (TPSA) is 97.4 Å². The summed E-state index contributed by atoms with van der Waals surface area (Å²) in [5, 5.41) is 23.0. The molecule has 104 valence electrons. The molecular weight excluding hydrogens is 262 g/mol. The number of nitro groups is 1. The maximum atomic E-state index is 11.9. The van der Waals surface area contributed by atoms with Crippen molar-refractivity contribution in [2.24, 2.45) is 0 Å². The normalized spacial score (nSPS) is 10.2. The molecule has 1 heterocycles. The first-order chi connectivity index (χ1) is 9.59. The van der Waals surface area contributed by atoms with Crippen molar-refractivity contribution in [3.8, 4) is 5.75 Å². The molecule has 7 nitrogen and oxygen atoms in total. The van der Waals surface area contributed by atoms with E-state index in [4.69, 9.17) is 0 Å². The maximum Gasteiger partial charge on any atom is 0.311 e. The first kappa shape index (κ1) is 13.6. The first-order valence-electron chi connectivity index (χ1n) is 5.95. The van der Waals surface area contributed by atoms with E-state index in [2.05, 4.69) is 5.32 Å². The van der Waals surface area contributed by atoms with E-state index in [9.17, 15) is 20.0 Å². The molecule has 2 N–H and O–H groups in total. The third-order valence-corrected chi connectivity index (χ3v) is 2.78. The van der Waals surface area contributed by atoms with Gasteiger partial charge in [-0.25, -0.2) is 0 Å². The summed E-state index contributed by atoms with van der Waals surface area (Å²) in [5.74, 6) is -1.16. The highest BCUT2D eigenvalue weighted by molar-refractivity contribution is 5.98. The lowest BCUT2D eigenvalue weighted by atomic mass is 10.1. The number of para-hydroxylation sites is 1. The van der Waals surface area contributed by atoms with Crippen LogP contribution in [0, 0.1) is 10.1 Å². The molecular formula is C13H13N3O4. The minimum atomic E-state index is -0.730. The number of phenolic OH excluding ortho intramolecular Hbond substituents is 1. The number of carbonyl (C=O) groups excluding carboxylic acids is 1. The van der Waals surface area contributed by atoms with Gasteiger partial charge in [-0.3, -0.25) is 14.9 Å². The van der Waals surface area contributed by atoms with Crippen LogP contribution in [0.4, 0.5) is 5.69 Å². The van der Waals surface area contributed by atoms with E-state index < -0.39 is 22.3 Å². The van der Waals surface area contributed by atoms with E-state index >= 15 is 0 Å².